The van der Waals surface area contributed by atoms with Crippen LogP contribution in [0.2, 0.25) is 0 Å². The summed E-state index contributed by atoms with van der Waals surface area (Å²) in [5.41, 5.74) is 5.52. The van der Waals surface area contributed by atoms with Gasteiger partial charge in [-0.1, -0.05) is 12.1 Å². The van der Waals surface area contributed by atoms with Gasteiger partial charge in [0.1, 0.15) is 28.7 Å². The highest BCUT2D eigenvalue weighted by atomic mass is 16.6. The first kappa shape index (κ1) is 33.7. The topological polar surface area (TPSA) is 102 Å². The van der Waals surface area contributed by atoms with Crippen molar-refractivity contribution in [2.24, 2.45) is 5.92 Å². The summed E-state index contributed by atoms with van der Waals surface area (Å²) in [6.07, 6.45) is 8.19. The van der Waals surface area contributed by atoms with Gasteiger partial charge in [0.05, 0.1) is 36.9 Å². The maximum atomic E-state index is 13.3. The molecule has 3 aliphatic rings. The lowest BCUT2D eigenvalue weighted by Crippen LogP contribution is -2.50. The van der Waals surface area contributed by atoms with Gasteiger partial charge >= 0.3 is 6.09 Å². The lowest BCUT2D eigenvalue weighted by atomic mass is 10.0. The van der Waals surface area contributed by atoms with Crippen molar-refractivity contribution in [3.8, 4) is 22.8 Å². The molecule has 1 unspecified atom stereocenters. The van der Waals surface area contributed by atoms with Crippen molar-refractivity contribution in [1.29, 1.82) is 0 Å². The number of piperazine rings is 1. The van der Waals surface area contributed by atoms with Gasteiger partial charge < -0.3 is 28.9 Å². The number of hydrogen-bond acceptors (Lipinski definition) is 8. The number of nitrogens with zero attached hydrogens (tertiary/aromatic N) is 6. The molecule has 7 rings (SSSR count). The third-order valence-electron chi connectivity index (χ3n) is 10.2. The van der Waals surface area contributed by atoms with Crippen LogP contribution in [0.15, 0.2) is 61.1 Å². The second-order valence-electron chi connectivity index (χ2n) is 14.9. The number of likely N-dealkylation sites (tertiary alicyclic amines) is 1. The van der Waals surface area contributed by atoms with Crippen molar-refractivity contribution >= 4 is 23.2 Å². The van der Waals surface area contributed by atoms with E-state index in [-0.39, 0.29) is 30.1 Å². The molecule has 3 atom stereocenters. The third kappa shape index (κ3) is 7.09. The Bertz CT molecular complexity index is 1840. The minimum atomic E-state index is -0.511. The highest BCUT2D eigenvalue weighted by Gasteiger charge is 2.38. The fraction of sp³-hybridized carbons (Fsp3) is 0.487. The summed E-state index contributed by atoms with van der Waals surface area (Å²) in [5.74, 6) is 2.26. The van der Waals surface area contributed by atoms with E-state index in [2.05, 4.69) is 30.9 Å². The average molecular weight is 681 g/mol. The first-order valence-corrected chi connectivity index (χ1v) is 17.8. The van der Waals surface area contributed by atoms with Crippen molar-refractivity contribution in [3.05, 3.63) is 72.2 Å². The molecule has 4 aromatic rings. The zero-order chi connectivity index (χ0) is 35.2. The predicted molar refractivity (Wildman–Crippen MR) is 192 cm³/mol. The number of carbonyl (C=O) groups is 2. The summed E-state index contributed by atoms with van der Waals surface area (Å²) in [6.45, 7) is 13.1. The number of anilines is 1. The molecule has 2 amide bonds. The Labute approximate surface area is 294 Å². The van der Waals surface area contributed by atoms with Crippen LogP contribution in [0.5, 0.6) is 11.5 Å². The fourth-order valence-electron chi connectivity index (χ4n) is 7.06. The number of benzene rings is 1. The van der Waals surface area contributed by atoms with Crippen LogP contribution in [-0.2, 0) is 9.53 Å². The van der Waals surface area contributed by atoms with Crippen molar-refractivity contribution in [2.75, 3.05) is 44.7 Å². The number of fused-ring (bicyclic) bond motifs is 1. The zero-order valence-corrected chi connectivity index (χ0v) is 30.0. The Hall–Kier alpha value is -4.80. The summed E-state index contributed by atoms with van der Waals surface area (Å²) >= 11 is 0. The van der Waals surface area contributed by atoms with E-state index in [9.17, 15) is 9.59 Å². The molecule has 1 aliphatic carbocycles. The molecule has 2 saturated heterocycles. The largest absolute Gasteiger partial charge is 0.497 e. The second-order valence-corrected chi connectivity index (χ2v) is 14.9. The first-order valence-electron chi connectivity index (χ1n) is 17.8. The van der Waals surface area contributed by atoms with E-state index >= 15 is 0 Å². The molecular formula is C39H48N6O5. The van der Waals surface area contributed by atoms with Crippen LogP contribution in [0.1, 0.15) is 77.0 Å². The van der Waals surface area contributed by atoms with Crippen molar-refractivity contribution in [2.45, 2.75) is 77.5 Å². The molecule has 1 aromatic carbocycles. The lowest BCUT2D eigenvalue weighted by molar-refractivity contribution is -0.129. The number of carbonyl (C=O) groups excluding carboxylic acids is 2. The van der Waals surface area contributed by atoms with Crippen LogP contribution in [0, 0.1) is 5.92 Å². The molecule has 11 nitrogen and oxygen atoms in total. The van der Waals surface area contributed by atoms with Gasteiger partial charge in [-0.15, -0.1) is 0 Å². The Balaban J connectivity index is 1.07. The van der Waals surface area contributed by atoms with Crippen LogP contribution in [-0.4, -0.2) is 87.9 Å². The van der Waals surface area contributed by atoms with Crippen LogP contribution in [0.4, 0.5) is 10.5 Å². The number of aromatic nitrogens is 3. The molecule has 50 heavy (non-hydrogen) atoms. The molecule has 0 N–H and O–H groups in total. The summed E-state index contributed by atoms with van der Waals surface area (Å²) in [5, 5.41) is 4.75. The Morgan fingerprint density at radius 3 is 2.36 bits per heavy atom. The molecule has 0 bridgehead atoms. The maximum Gasteiger partial charge on any atom is 0.410 e. The number of methoxy groups -OCH3 is 1. The van der Waals surface area contributed by atoms with Gasteiger partial charge in [0.15, 0.2) is 0 Å². The fourth-order valence-corrected chi connectivity index (χ4v) is 7.06. The monoisotopic (exact) mass is 680 g/mol. The van der Waals surface area contributed by atoms with Crippen LogP contribution in [0.25, 0.3) is 16.8 Å². The highest BCUT2D eigenvalue weighted by molar-refractivity contribution is 5.79. The van der Waals surface area contributed by atoms with Crippen molar-refractivity contribution in [3.63, 3.8) is 0 Å². The van der Waals surface area contributed by atoms with Gasteiger partial charge in [-0.3, -0.25) is 9.78 Å². The van der Waals surface area contributed by atoms with Gasteiger partial charge in [0.25, 0.3) is 0 Å². The van der Waals surface area contributed by atoms with Crippen molar-refractivity contribution in [1.82, 2.24) is 24.4 Å². The molecular weight excluding hydrogens is 632 g/mol. The molecule has 3 aromatic heterocycles. The SMILES string of the molecule is COc1ccc([C@@H](C)N2CC([C@@H](C)Oc3cc(-c4ccc(N5CCN(C(=O)OC(C)(C)C)CC5)cn4)cn4ncc(C5CC5)c34)CC2=O)cc1. The first-order chi connectivity index (χ1) is 24.0. The van der Waals surface area contributed by atoms with E-state index in [0.717, 1.165) is 52.4 Å². The summed E-state index contributed by atoms with van der Waals surface area (Å²) in [7, 11) is 1.66. The van der Waals surface area contributed by atoms with Crippen molar-refractivity contribution < 1.29 is 23.8 Å². The molecule has 0 spiro atoms. The zero-order valence-electron chi connectivity index (χ0n) is 30.0. The number of ether oxygens (including phenoxy) is 3. The van der Waals surface area contributed by atoms with Gasteiger partial charge in [-0.05, 0) is 89.3 Å². The normalized spacial score (nSPS) is 19.5. The van der Waals surface area contributed by atoms with Crippen LogP contribution < -0.4 is 14.4 Å². The standard InChI is InChI=1S/C39H48N6O5/c1-25(27-9-12-32(48-6)13-10-27)44-23-29(20-36(44)46)26(2)49-35-19-30(24-45-37(35)33(22-41-45)28-7-8-28)34-14-11-31(21-40-34)42-15-17-43(18-16-42)38(47)50-39(3,4)5/h9-14,19,21-22,24-26,28-29H,7-8,15-18,20,23H2,1-6H3/t25-,26-,29?/m1/s1. The summed E-state index contributed by atoms with van der Waals surface area (Å²) in [6, 6.07) is 14.1. The smallest absolute Gasteiger partial charge is 0.410 e. The van der Waals surface area contributed by atoms with Gasteiger partial charge in [-0.25, -0.2) is 9.31 Å². The summed E-state index contributed by atoms with van der Waals surface area (Å²) < 4.78 is 19.6. The van der Waals surface area contributed by atoms with E-state index in [1.54, 1.807) is 12.0 Å². The Kier molecular flexibility index (Phi) is 9.09. The molecule has 0 radical (unpaired) electrons. The number of hydrogen-bond donors (Lipinski definition) is 0. The molecule has 264 valence electrons. The number of pyridine rings is 2. The minimum absolute atomic E-state index is 0.0418. The van der Waals surface area contributed by atoms with E-state index in [1.165, 1.54) is 5.56 Å². The second kappa shape index (κ2) is 13.5. The summed E-state index contributed by atoms with van der Waals surface area (Å²) in [4.78, 5) is 36.6. The third-order valence-corrected chi connectivity index (χ3v) is 10.2. The molecule has 1 saturated carbocycles. The van der Waals surface area contributed by atoms with E-state index in [0.29, 0.717) is 45.1 Å². The Morgan fingerprint density at radius 2 is 1.72 bits per heavy atom. The van der Waals surface area contributed by atoms with Gasteiger partial charge in [-0.2, -0.15) is 5.10 Å². The van der Waals surface area contributed by atoms with Gasteiger partial charge in [0.2, 0.25) is 5.91 Å². The molecule has 11 heteroatoms. The van der Waals surface area contributed by atoms with E-state index in [4.69, 9.17) is 24.3 Å². The van der Waals surface area contributed by atoms with E-state index < -0.39 is 5.60 Å². The maximum absolute atomic E-state index is 13.3. The van der Waals surface area contributed by atoms with Gasteiger partial charge in [0, 0.05) is 62.4 Å². The highest BCUT2D eigenvalue weighted by Crippen LogP contribution is 2.45. The average Bonchev–Trinajstić information content (AvgIpc) is 3.74. The lowest BCUT2D eigenvalue weighted by Gasteiger charge is -2.36. The van der Waals surface area contributed by atoms with E-state index in [1.807, 2.05) is 79.1 Å². The quantitative estimate of drug-likeness (QED) is 0.192. The van der Waals surface area contributed by atoms with Crippen LogP contribution >= 0.6 is 0 Å². The Morgan fingerprint density at radius 1 is 0.980 bits per heavy atom. The molecule has 5 heterocycles. The number of rotatable bonds is 9. The van der Waals surface area contributed by atoms with Crippen LogP contribution in [0.3, 0.4) is 0 Å². The molecule has 2 aliphatic heterocycles. The molecule has 3 fully saturated rings. The predicted octanol–water partition coefficient (Wildman–Crippen LogP) is 6.72. The number of amides is 2. The minimum Gasteiger partial charge on any atom is -0.497 e.